The van der Waals surface area contributed by atoms with E-state index in [1.165, 1.54) is 36.8 Å². The molecule has 0 aliphatic heterocycles. The molecule has 0 aromatic heterocycles. The first kappa shape index (κ1) is 24.5. The van der Waals surface area contributed by atoms with Gasteiger partial charge in [-0.05, 0) is 96.6 Å². The number of allylic oxidation sites excluding steroid dienone is 1. The van der Waals surface area contributed by atoms with Gasteiger partial charge in [0.05, 0.1) is 13.7 Å². The molecule has 4 heteroatoms. The third-order valence-electron chi connectivity index (χ3n) is 8.63. The number of aldehydes is 1. The fourth-order valence-electron chi connectivity index (χ4n) is 7.05. The van der Waals surface area contributed by atoms with E-state index in [1.54, 1.807) is 44.1 Å². The highest BCUT2D eigenvalue weighted by molar-refractivity contribution is 5.75. The number of aromatic hydroxyl groups is 1. The molecule has 34 heavy (non-hydrogen) atoms. The van der Waals surface area contributed by atoms with Crippen molar-refractivity contribution in [3.63, 3.8) is 0 Å². The molecule has 2 aromatic carbocycles. The van der Waals surface area contributed by atoms with Gasteiger partial charge in [-0.25, -0.2) is 0 Å². The largest absolute Gasteiger partial charge is 0.508 e. The third-order valence-corrected chi connectivity index (χ3v) is 8.63. The summed E-state index contributed by atoms with van der Waals surface area (Å²) in [5, 5.41) is 9.86. The topological polar surface area (TPSA) is 55.8 Å². The van der Waals surface area contributed by atoms with E-state index in [2.05, 4.69) is 26.0 Å². The number of benzene rings is 2. The first-order valence-electron chi connectivity index (χ1n) is 12.5. The number of fused-ring (bicyclic) bond motifs is 5. The summed E-state index contributed by atoms with van der Waals surface area (Å²) in [7, 11) is 3.36. The van der Waals surface area contributed by atoms with E-state index in [0.29, 0.717) is 34.3 Å². The number of ether oxygens (including phenoxy) is 2. The first-order chi connectivity index (χ1) is 16.4. The van der Waals surface area contributed by atoms with E-state index in [0.717, 1.165) is 31.1 Å². The molecule has 0 radical (unpaired) electrons. The monoisotopic (exact) mass is 462 g/mol. The van der Waals surface area contributed by atoms with Crippen molar-refractivity contribution >= 4 is 6.29 Å². The van der Waals surface area contributed by atoms with Gasteiger partial charge in [0.1, 0.15) is 17.8 Å². The summed E-state index contributed by atoms with van der Waals surface area (Å²) in [5.74, 6) is 4.11. The first-order valence-corrected chi connectivity index (χ1v) is 12.5. The van der Waals surface area contributed by atoms with E-state index in [-0.39, 0.29) is 0 Å². The molecule has 0 bridgehead atoms. The van der Waals surface area contributed by atoms with Crippen LogP contribution in [0.5, 0.6) is 11.5 Å². The van der Waals surface area contributed by atoms with Crippen LogP contribution in [0.2, 0.25) is 0 Å². The molecular weight excluding hydrogens is 424 g/mol. The SMILES string of the molecule is COC/C=C1\CCC2C3C(CCC12C)c1ccc(O)cc1C[C@H]3C.COc1cccc(C=O)c1. The number of rotatable bonds is 4. The minimum Gasteiger partial charge on any atom is -0.508 e. The number of phenols is 1. The van der Waals surface area contributed by atoms with Crippen molar-refractivity contribution in [2.45, 2.75) is 51.9 Å². The number of methoxy groups -OCH3 is 2. The predicted octanol–water partition coefficient (Wildman–Crippen LogP) is 6.57. The molecule has 0 saturated heterocycles. The van der Waals surface area contributed by atoms with Crippen LogP contribution in [0.25, 0.3) is 0 Å². The molecule has 182 valence electrons. The van der Waals surface area contributed by atoms with Crippen LogP contribution in [0.15, 0.2) is 54.1 Å². The van der Waals surface area contributed by atoms with Gasteiger partial charge < -0.3 is 14.6 Å². The standard InChI is InChI=1S/C22H30O2.C8H8O2/c1-14-12-15-13-17(23)5-6-18(15)19-8-10-22(2)16(9-11-24-3)4-7-20(22)21(14)19;1-10-8-4-2-3-7(5-8)6-9/h5-6,9,13-14,19-21,23H,4,7-8,10-12H2,1-3H3;2-6H,1H3/b16-9+;/t14-,19?,20?,21?,22?;/m1./s1. The van der Waals surface area contributed by atoms with Crippen LogP contribution in [0.1, 0.15) is 66.9 Å². The van der Waals surface area contributed by atoms with Crippen molar-refractivity contribution in [3.05, 3.63) is 70.8 Å². The summed E-state index contributed by atoms with van der Waals surface area (Å²) >= 11 is 0. The van der Waals surface area contributed by atoms with E-state index in [9.17, 15) is 9.90 Å². The van der Waals surface area contributed by atoms with Gasteiger partial charge in [-0.15, -0.1) is 0 Å². The molecule has 5 atom stereocenters. The number of carbonyl (C=O) groups excluding carboxylic acids is 1. The number of carbonyl (C=O) groups is 1. The van der Waals surface area contributed by atoms with Gasteiger partial charge in [-0.3, -0.25) is 4.79 Å². The molecule has 0 spiro atoms. The molecule has 1 N–H and O–H groups in total. The van der Waals surface area contributed by atoms with Crippen LogP contribution in [-0.4, -0.2) is 32.2 Å². The zero-order valence-electron chi connectivity index (χ0n) is 20.9. The van der Waals surface area contributed by atoms with Crippen molar-refractivity contribution in [2.24, 2.45) is 23.2 Å². The second-order valence-electron chi connectivity index (χ2n) is 10.4. The van der Waals surface area contributed by atoms with Gasteiger partial charge in [-0.1, -0.05) is 43.7 Å². The molecule has 3 aliphatic carbocycles. The Labute approximate surface area is 204 Å². The van der Waals surface area contributed by atoms with Gasteiger partial charge in [0.15, 0.2) is 0 Å². The van der Waals surface area contributed by atoms with Crippen LogP contribution in [0.4, 0.5) is 0 Å². The van der Waals surface area contributed by atoms with Crippen LogP contribution in [-0.2, 0) is 11.2 Å². The Morgan fingerprint density at radius 2 is 1.97 bits per heavy atom. The summed E-state index contributed by atoms with van der Waals surface area (Å²) in [6.07, 6.45) is 9.44. The quantitative estimate of drug-likeness (QED) is 0.412. The van der Waals surface area contributed by atoms with Gasteiger partial charge in [0.25, 0.3) is 0 Å². The Morgan fingerprint density at radius 3 is 2.71 bits per heavy atom. The van der Waals surface area contributed by atoms with Crippen molar-refractivity contribution in [2.75, 3.05) is 20.8 Å². The Balaban J connectivity index is 0.000000231. The maximum absolute atomic E-state index is 10.2. The van der Waals surface area contributed by atoms with Crippen LogP contribution < -0.4 is 4.74 Å². The minimum absolute atomic E-state index is 0.377. The molecule has 0 heterocycles. The Morgan fingerprint density at radius 1 is 1.15 bits per heavy atom. The lowest BCUT2D eigenvalue weighted by Crippen LogP contribution is -2.43. The molecule has 5 rings (SSSR count). The maximum atomic E-state index is 10.2. The van der Waals surface area contributed by atoms with Crippen molar-refractivity contribution in [1.82, 2.24) is 0 Å². The molecule has 4 nitrogen and oxygen atoms in total. The van der Waals surface area contributed by atoms with Gasteiger partial charge >= 0.3 is 0 Å². The second-order valence-corrected chi connectivity index (χ2v) is 10.4. The predicted molar refractivity (Wildman–Crippen MR) is 136 cm³/mol. The fraction of sp³-hybridized carbons (Fsp3) is 0.500. The third kappa shape index (κ3) is 4.65. The van der Waals surface area contributed by atoms with Crippen molar-refractivity contribution in [3.8, 4) is 11.5 Å². The average Bonchev–Trinajstić information content (AvgIpc) is 3.18. The zero-order valence-corrected chi connectivity index (χ0v) is 20.9. The second kappa shape index (κ2) is 10.4. The Hall–Kier alpha value is -2.59. The maximum Gasteiger partial charge on any atom is 0.150 e. The molecule has 2 aromatic rings. The lowest BCUT2D eigenvalue weighted by molar-refractivity contribution is 0.0486. The highest BCUT2D eigenvalue weighted by atomic mass is 16.5. The number of hydrogen-bond donors (Lipinski definition) is 1. The highest BCUT2D eigenvalue weighted by Gasteiger charge is 2.54. The Bertz CT molecular complexity index is 1040. The number of phenolic OH excluding ortho intramolecular Hbond substituents is 1. The Kier molecular flexibility index (Phi) is 7.47. The van der Waals surface area contributed by atoms with E-state index in [4.69, 9.17) is 9.47 Å². The summed E-state index contributed by atoms with van der Waals surface area (Å²) in [6, 6.07) is 13.1. The number of hydrogen-bond acceptors (Lipinski definition) is 4. The van der Waals surface area contributed by atoms with Crippen molar-refractivity contribution in [1.29, 1.82) is 0 Å². The van der Waals surface area contributed by atoms with Crippen molar-refractivity contribution < 1.29 is 19.4 Å². The summed E-state index contributed by atoms with van der Waals surface area (Å²) < 4.78 is 10.2. The lowest BCUT2D eigenvalue weighted by atomic mass is 9.52. The molecular formula is C30H38O4. The van der Waals surface area contributed by atoms with Crippen LogP contribution in [0.3, 0.4) is 0 Å². The summed E-state index contributed by atoms with van der Waals surface area (Å²) in [5.41, 5.74) is 5.58. The smallest absolute Gasteiger partial charge is 0.150 e. The average molecular weight is 463 g/mol. The zero-order chi connectivity index (χ0) is 24.3. The van der Waals surface area contributed by atoms with E-state index in [1.807, 2.05) is 12.1 Å². The van der Waals surface area contributed by atoms with E-state index >= 15 is 0 Å². The molecule has 0 amide bonds. The summed E-state index contributed by atoms with van der Waals surface area (Å²) in [4.78, 5) is 10.2. The van der Waals surface area contributed by atoms with Crippen LogP contribution in [0, 0.1) is 23.2 Å². The molecule has 2 fully saturated rings. The normalized spacial score (nSPS) is 30.4. The minimum atomic E-state index is 0.377. The van der Waals surface area contributed by atoms with E-state index < -0.39 is 0 Å². The molecule has 3 aliphatic rings. The van der Waals surface area contributed by atoms with Gasteiger partial charge in [-0.2, -0.15) is 0 Å². The highest BCUT2D eigenvalue weighted by Crippen LogP contribution is 2.63. The summed E-state index contributed by atoms with van der Waals surface area (Å²) in [6.45, 7) is 5.71. The van der Waals surface area contributed by atoms with Gasteiger partial charge in [0, 0.05) is 12.7 Å². The molecule has 2 saturated carbocycles. The molecule has 4 unspecified atom stereocenters. The lowest BCUT2D eigenvalue weighted by Gasteiger charge is -2.52. The fourth-order valence-corrected chi connectivity index (χ4v) is 7.05. The van der Waals surface area contributed by atoms with Gasteiger partial charge in [0.2, 0.25) is 0 Å². The van der Waals surface area contributed by atoms with Crippen LogP contribution >= 0.6 is 0 Å².